The highest BCUT2D eigenvalue weighted by molar-refractivity contribution is 7.89. The van der Waals surface area contributed by atoms with Gasteiger partial charge in [-0.3, -0.25) is 4.79 Å². The van der Waals surface area contributed by atoms with Crippen molar-refractivity contribution in [1.29, 1.82) is 0 Å². The zero-order valence-corrected chi connectivity index (χ0v) is 16.6. The van der Waals surface area contributed by atoms with Crippen molar-refractivity contribution in [2.45, 2.75) is 37.6 Å². The summed E-state index contributed by atoms with van der Waals surface area (Å²) in [5.74, 6) is 0.527. The first kappa shape index (κ1) is 18.7. The van der Waals surface area contributed by atoms with Crippen LogP contribution in [0.25, 0.3) is 11.0 Å². The Balaban J connectivity index is 1.60. The molecule has 1 aliphatic heterocycles. The summed E-state index contributed by atoms with van der Waals surface area (Å²) in [5.41, 5.74) is 2.39. The maximum Gasteiger partial charge on any atom is 0.241 e. The number of nitrogens with zero attached hydrogens (tertiary/aromatic N) is 1. The van der Waals surface area contributed by atoms with Gasteiger partial charge >= 0.3 is 0 Å². The highest BCUT2D eigenvalue weighted by Gasteiger charge is 2.25. The molecule has 1 unspecified atom stereocenters. The molecule has 146 valence electrons. The maximum atomic E-state index is 12.9. The maximum absolute atomic E-state index is 12.9. The molecular weight excluding hydrogens is 376 g/mol. The Morgan fingerprint density at radius 1 is 1.18 bits per heavy atom. The highest BCUT2D eigenvalue weighted by Crippen LogP contribution is 2.30. The number of carbonyl (C=O) groups excluding carboxylic acids is 1. The van der Waals surface area contributed by atoms with Crippen molar-refractivity contribution in [3.05, 3.63) is 59.9 Å². The summed E-state index contributed by atoms with van der Waals surface area (Å²) >= 11 is 0. The molecule has 6 nitrogen and oxygen atoms in total. The van der Waals surface area contributed by atoms with Gasteiger partial charge in [-0.15, -0.1) is 0 Å². The molecule has 0 saturated carbocycles. The van der Waals surface area contributed by atoms with Gasteiger partial charge in [0.25, 0.3) is 0 Å². The average Bonchev–Trinajstić information content (AvgIpc) is 3.11. The van der Waals surface area contributed by atoms with Crippen molar-refractivity contribution in [2.75, 3.05) is 11.4 Å². The van der Waals surface area contributed by atoms with E-state index >= 15 is 0 Å². The summed E-state index contributed by atoms with van der Waals surface area (Å²) in [6.45, 7) is 3.94. The lowest BCUT2D eigenvalue weighted by atomic mass is 10.0. The highest BCUT2D eigenvalue weighted by atomic mass is 32.2. The Morgan fingerprint density at radius 3 is 2.71 bits per heavy atom. The fourth-order valence-corrected chi connectivity index (χ4v) is 4.90. The third kappa shape index (κ3) is 3.43. The molecule has 7 heteroatoms. The molecule has 1 amide bonds. The van der Waals surface area contributed by atoms with Crippen LogP contribution < -0.4 is 9.62 Å². The van der Waals surface area contributed by atoms with Gasteiger partial charge in [0.05, 0.1) is 10.9 Å². The van der Waals surface area contributed by atoms with Gasteiger partial charge in [-0.05, 0) is 55.7 Å². The first-order chi connectivity index (χ1) is 13.3. The molecule has 1 aliphatic rings. The second kappa shape index (κ2) is 7.07. The molecule has 0 radical (unpaired) electrons. The number of benzene rings is 2. The van der Waals surface area contributed by atoms with Crippen molar-refractivity contribution >= 4 is 32.6 Å². The molecule has 1 aromatic heterocycles. The smallest absolute Gasteiger partial charge is 0.241 e. The largest absolute Gasteiger partial charge is 0.459 e. The Bertz CT molecular complexity index is 1120. The monoisotopic (exact) mass is 398 g/mol. The molecule has 0 saturated heterocycles. The lowest BCUT2D eigenvalue weighted by Gasteiger charge is -2.29. The van der Waals surface area contributed by atoms with Crippen molar-refractivity contribution < 1.29 is 17.6 Å². The number of hydrogen-bond donors (Lipinski definition) is 1. The second-order valence-electron chi connectivity index (χ2n) is 7.09. The number of fused-ring (bicyclic) bond motifs is 2. The lowest BCUT2D eigenvalue weighted by molar-refractivity contribution is -0.116. The van der Waals surface area contributed by atoms with Crippen LogP contribution in [0, 0.1) is 0 Å². The van der Waals surface area contributed by atoms with Gasteiger partial charge in [0, 0.05) is 24.5 Å². The number of rotatable bonds is 4. The minimum absolute atomic E-state index is 0.0341. The van der Waals surface area contributed by atoms with Gasteiger partial charge in [-0.25, -0.2) is 13.1 Å². The van der Waals surface area contributed by atoms with Crippen LogP contribution in [0.15, 0.2) is 57.8 Å². The van der Waals surface area contributed by atoms with Crippen LogP contribution in [0.4, 0.5) is 5.69 Å². The van der Waals surface area contributed by atoms with E-state index in [0.29, 0.717) is 12.3 Å². The van der Waals surface area contributed by atoms with Crippen LogP contribution in [0.3, 0.4) is 0 Å². The first-order valence-corrected chi connectivity index (χ1v) is 10.8. The van der Waals surface area contributed by atoms with Crippen molar-refractivity contribution in [3.63, 3.8) is 0 Å². The second-order valence-corrected chi connectivity index (χ2v) is 8.81. The van der Waals surface area contributed by atoms with E-state index in [2.05, 4.69) is 4.72 Å². The average molecular weight is 398 g/mol. The summed E-state index contributed by atoms with van der Waals surface area (Å²) in [6, 6.07) is 13.8. The predicted octanol–water partition coefficient (Wildman–Crippen LogP) is 3.77. The van der Waals surface area contributed by atoms with Crippen LogP contribution in [-0.2, 0) is 21.2 Å². The molecule has 0 bridgehead atoms. The van der Waals surface area contributed by atoms with Crippen LogP contribution in [0.5, 0.6) is 0 Å². The summed E-state index contributed by atoms with van der Waals surface area (Å²) in [4.78, 5) is 13.7. The summed E-state index contributed by atoms with van der Waals surface area (Å²) < 4.78 is 34.3. The van der Waals surface area contributed by atoms with E-state index in [1.807, 2.05) is 30.3 Å². The lowest BCUT2D eigenvalue weighted by Crippen LogP contribution is -2.34. The molecule has 1 N–H and O–H groups in total. The predicted molar refractivity (Wildman–Crippen MR) is 108 cm³/mol. The number of amides is 1. The molecule has 4 rings (SSSR count). The van der Waals surface area contributed by atoms with Gasteiger partial charge in [0.1, 0.15) is 11.3 Å². The quantitative estimate of drug-likeness (QED) is 0.725. The molecule has 0 fully saturated rings. The number of carbonyl (C=O) groups is 1. The Morgan fingerprint density at radius 2 is 1.96 bits per heavy atom. The third-order valence-corrected chi connectivity index (χ3v) is 6.60. The van der Waals surface area contributed by atoms with Gasteiger partial charge in [0.15, 0.2) is 0 Å². The molecule has 2 aromatic carbocycles. The van der Waals surface area contributed by atoms with Crippen LogP contribution >= 0.6 is 0 Å². The number of nitrogens with one attached hydrogen (secondary N) is 1. The van der Waals surface area contributed by atoms with Crippen LogP contribution in [-0.4, -0.2) is 20.9 Å². The third-order valence-electron chi connectivity index (χ3n) is 5.06. The Kier molecular flexibility index (Phi) is 4.72. The summed E-state index contributed by atoms with van der Waals surface area (Å²) in [7, 11) is -3.73. The number of furan rings is 1. The normalized spacial score (nSPS) is 15.4. The fourth-order valence-electron chi connectivity index (χ4n) is 3.64. The Hall–Kier alpha value is -2.64. The van der Waals surface area contributed by atoms with E-state index in [0.717, 1.165) is 35.1 Å². The molecular formula is C21H22N2O4S. The van der Waals surface area contributed by atoms with Crippen molar-refractivity contribution in [2.24, 2.45) is 0 Å². The molecule has 0 aliphatic carbocycles. The first-order valence-electron chi connectivity index (χ1n) is 9.27. The fraction of sp³-hybridized carbons (Fsp3) is 0.286. The van der Waals surface area contributed by atoms with Gasteiger partial charge in [-0.1, -0.05) is 18.2 Å². The van der Waals surface area contributed by atoms with E-state index in [9.17, 15) is 13.2 Å². The molecule has 3 aromatic rings. The number of para-hydroxylation sites is 1. The van der Waals surface area contributed by atoms with Crippen molar-refractivity contribution in [3.8, 4) is 0 Å². The minimum atomic E-state index is -3.73. The van der Waals surface area contributed by atoms with Gasteiger partial charge in [-0.2, -0.15) is 0 Å². The number of anilines is 1. The van der Waals surface area contributed by atoms with E-state index in [1.54, 1.807) is 30.0 Å². The number of sulfonamides is 1. The van der Waals surface area contributed by atoms with Crippen molar-refractivity contribution in [1.82, 2.24) is 4.72 Å². The standard InChI is InChI=1S/C21H22N2O4S/c1-14(21-13-17-6-3-4-8-20(17)27-21)22-28(25,26)18-9-10-19-16(12-18)7-5-11-23(19)15(2)24/h3-4,6,8-10,12-14,22H,5,7,11H2,1-2H3. The number of aryl methyl sites for hydroxylation is 1. The number of hydrogen-bond acceptors (Lipinski definition) is 4. The Labute approximate surface area is 164 Å². The zero-order valence-electron chi connectivity index (χ0n) is 15.8. The minimum Gasteiger partial charge on any atom is -0.459 e. The van der Waals surface area contributed by atoms with E-state index in [4.69, 9.17) is 4.42 Å². The van der Waals surface area contributed by atoms with Gasteiger partial charge in [0.2, 0.25) is 15.9 Å². The van der Waals surface area contributed by atoms with E-state index < -0.39 is 16.1 Å². The van der Waals surface area contributed by atoms with Gasteiger partial charge < -0.3 is 9.32 Å². The van der Waals surface area contributed by atoms with E-state index in [-0.39, 0.29) is 10.8 Å². The van der Waals surface area contributed by atoms with Crippen LogP contribution in [0.2, 0.25) is 0 Å². The van der Waals surface area contributed by atoms with Crippen LogP contribution in [0.1, 0.15) is 37.6 Å². The molecule has 28 heavy (non-hydrogen) atoms. The summed E-state index contributed by atoms with van der Waals surface area (Å²) in [6.07, 6.45) is 1.57. The topological polar surface area (TPSA) is 79.6 Å². The molecule has 1 atom stereocenters. The zero-order chi connectivity index (χ0) is 19.9. The molecule has 2 heterocycles. The summed E-state index contributed by atoms with van der Waals surface area (Å²) in [5, 5.41) is 0.932. The SMILES string of the molecule is CC(=O)N1CCCc2cc(S(=O)(=O)NC(C)c3cc4ccccc4o3)ccc21. The van der Waals surface area contributed by atoms with E-state index in [1.165, 1.54) is 6.92 Å². The molecule has 0 spiro atoms.